The highest BCUT2D eigenvalue weighted by Crippen LogP contribution is 2.28. The molecule has 0 saturated heterocycles. The van der Waals surface area contributed by atoms with Gasteiger partial charge in [-0.1, -0.05) is 35.5 Å². The number of fused-ring (bicyclic) bond motifs is 1. The van der Waals surface area contributed by atoms with Crippen molar-refractivity contribution < 1.29 is 4.74 Å². The molecule has 3 aromatic rings. The second kappa shape index (κ2) is 5.93. The molecule has 0 radical (unpaired) electrons. The fourth-order valence-corrected chi connectivity index (χ4v) is 2.42. The number of ether oxygens (including phenoxy) is 1. The van der Waals surface area contributed by atoms with Crippen molar-refractivity contribution in [3.8, 4) is 5.75 Å². The highest BCUT2D eigenvalue weighted by atomic mass is 16.5. The van der Waals surface area contributed by atoms with E-state index in [-0.39, 0.29) is 0 Å². The molecule has 0 fully saturated rings. The lowest BCUT2D eigenvalue weighted by molar-refractivity contribution is 0.298. The molecular formula is C16H18N4O. The van der Waals surface area contributed by atoms with Crippen molar-refractivity contribution in [2.45, 2.75) is 13.2 Å². The van der Waals surface area contributed by atoms with Gasteiger partial charge in [-0.25, -0.2) is 0 Å². The van der Waals surface area contributed by atoms with E-state index in [1.807, 2.05) is 38.5 Å². The molecule has 2 aromatic carbocycles. The Labute approximate surface area is 123 Å². The Morgan fingerprint density at radius 3 is 2.81 bits per heavy atom. The van der Waals surface area contributed by atoms with Crippen molar-refractivity contribution in [2.75, 3.05) is 7.05 Å². The van der Waals surface area contributed by atoms with E-state index in [9.17, 15) is 0 Å². The van der Waals surface area contributed by atoms with Gasteiger partial charge >= 0.3 is 0 Å². The molecule has 3 rings (SSSR count). The molecular weight excluding hydrogens is 264 g/mol. The first kappa shape index (κ1) is 13.6. The van der Waals surface area contributed by atoms with Crippen LogP contribution in [0.5, 0.6) is 5.75 Å². The predicted molar refractivity (Wildman–Crippen MR) is 82.0 cm³/mol. The third-order valence-electron chi connectivity index (χ3n) is 3.38. The van der Waals surface area contributed by atoms with E-state index in [0.29, 0.717) is 6.61 Å². The molecule has 1 aromatic heterocycles. The Kier molecular flexibility index (Phi) is 3.83. The van der Waals surface area contributed by atoms with Crippen LogP contribution in [0.4, 0.5) is 0 Å². The van der Waals surface area contributed by atoms with Gasteiger partial charge in [0.2, 0.25) is 0 Å². The minimum Gasteiger partial charge on any atom is -0.487 e. The maximum atomic E-state index is 5.94. The lowest BCUT2D eigenvalue weighted by Gasteiger charge is -2.13. The van der Waals surface area contributed by atoms with Crippen molar-refractivity contribution >= 4 is 10.8 Å². The zero-order chi connectivity index (χ0) is 14.7. The number of nitrogens with zero attached hydrogens (tertiary/aromatic N) is 3. The van der Waals surface area contributed by atoms with Crippen molar-refractivity contribution in [3.05, 3.63) is 53.9 Å². The van der Waals surface area contributed by atoms with Crippen LogP contribution in [0.3, 0.4) is 0 Å². The minimum atomic E-state index is 0.420. The van der Waals surface area contributed by atoms with Gasteiger partial charge in [0, 0.05) is 19.2 Å². The summed E-state index contributed by atoms with van der Waals surface area (Å²) in [6, 6.07) is 12.4. The van der Waals surface area contributed by atoms with Crippen LogP contribution < -0.4 is 10.1 Å². The maximum Gasteiger partial charge on any atom is 0.134 e. The highest BCUT2D eigenvalue weighted by molar-refractivity contribution is 5.87. The molecule has 0 aliphatic carbocycles. The summed E-state index contributed by atoms with van der Waals surface area (Å²) in [6.07, 6.45) is 1.86. The van der Waals surface area contributed by atoms with E-state index in [2.05, 4.69) is 33.8 Å². The molecule has 0 atom stereocenters. The monoisotopic (exact) mass is 282 g/mol. The Morgan fingerprint density at radius 1 is 1.19 bits per heavy atom. The standard InChI is InChI=1S/C16H18N4O/c1-17-9-15-14-6-4-3-5-12(14)7-8-16(15)21-11-13-10-20(2)19-18-13/h3-8,10,17H,9,11H2,1-2H3. The molecule has 108 valence electrons. The summed E-state index contributed by atoms with van der Waals surface area (Å²) < 4.78 is 7.62. The third kappa shape index (κ3) is 2.87. The fraction of sp³-hybridized carbons (Fsp3) is 0.250. The Hall–Kier alpha value is -2.40. The lowest BCUT2D eigenvalue weighted by atomic mass is 10.0. The van der Waals surface area contributed by atoms with Gasteiger partial charge in [-0.2, -0.15) is 0 Å². The van der Waals surface area contributed by atoms with Gasteiger partial charge in [-0.05, 0) is 23.9 Å². The van der Waals surface area contributed by atoms with E-state index in [4.69, 9.17) is 4.74 Å². The average Bonchev–Trinajstić information content (AvgIpc) is 2.92. The zero-order valence-corrected chi connectivity index (χ0v) is 12.2. The van der Waals surface area contributed by atoms with Gasteiger partial charge in [0.05, 0.1) is 6.20 Å². The van der Waals surface area contributed by atoms with Crippen LogP contribution in [0.1, 0.15) is 11.3 Å². The number of hydrogen-bond acceptors (Lipinski definition) is 4. The number of nitrogens with one attached hydrogen (secondary N) is 1. The van der Waals surface area contributed by atoms with Gasteiger partial charge in [-0.15, -0.1) is 5.10 Å². The fourth-order valence-electron chi connectivity index (χ4n) is 2.42. The van der Waals surface area contributed by atoms with Gasteiger partial charge in [-0.3, -0.25) is 4.68 Å². The van der Waals surface area contributed by atoms with E-state index < -0.39 is 0 Å². The zero-order valence-electron chi connectivity index (χ0n) is 12.2. The number of aromatic nitrogens is 3. The topological polar surface area (TPSA) is 52.0 Å². The van der Waals surface area contributed by atoms with Crippen molar-refractivity contribution in [1.29, 1.82) is 0 Å². The maximum absolute atomic E-state index is 5.94. The number of benzene rings is 2. The number of rotatable bonds is 5. The minimum absolute atomic E-state index is 0.420. The summed E-state index contributed by atoms with van der Waals surface area (Å²) in [5.74, 6) is 0.883. The number of hydrogen-bond donors (Lipinski definition) is 1. The summed E-state index contributed by atoms with van der Waals surface area (Å²) >= 11 is 0. The Balaban J connectivity index is 1.91. The van der Waals surface area contributed by atoms with Crippen LogP contribution in [0.25, 0.3) is 10.8 Å². The van der Waals surface area contributed by atoms with Crippen LogP contribution in [0.2, 0.25) is 0 Å². The smallest absolute Gasteiger partial charge is 0.134 e. The molecule has 21 heavy (non-hydrogen) atoms. The van der Waals surface area contributed by atoms with Gasteiger partial charge in [0.25, 0.3) is 0 Å². The molecule has 1 heterocycles. The molecule has 0 saturated carbocycles. The van der Waals surface area contributed by atoms with Gasteiger partial charge in [0.1, 0.15) is 18.1 Å². The molecule has 5 heteroatoms. The SMILES string of the molecule is CNCc1c(OCc2cn(C)nn2)ccc2ccccc12. The van der Waals surface area contributed by atoms with Gasteiger partial charge < -0.3 is 10.1 Å². The highest BCUT2D eigenvalue weighted by Gasteiger charge is 2.09. The van der Waals surface area contributed by atoms with Crippen LogP contribution in [0.15, 0.2) is 42.6 Å². The van der Waals surface area contributed by atoms with Crippen molar-refractivity contribution in [1.82, 2.24) is 20.3 Å². The normalized spacial score (nSPS) is 11.0. The summed E-state index contributed by atoms with van der Waals surface area (Å²) in [5.41, 5.74) is 1.99. The molecule has 0 spiro atoms. The van der Waals surface area contributed by atoms with E-state index in [1.165, 1.54) is 16.3 Å². The Bertz CT molecular complexity index is 751. The van der Waals surface area contributed by atoms with E-state index in [1.54, 1.807) is 4.68 Å². The second-order valence-corrected chi connectivity index (χ2v) is 4.97. The second-order valence-electron chi connectivity index (χ2n) is 4.97. The molecule has 0 bridgehead atoms. The van der Waals surface area contributed by atoms with Crippen LogP contribution in [-0.4, -0.2) is 22.0 Å². The van der Waals surface area contributed by atoms with E-state index >= 15 is 0 Å². The van der Waals surface area contributed by atoms with Crippen molar-refractivity contribution in [2.24, 2.45) is 7.05 Å². The summed E-state index contributed by atoms with van der Waals surface area (Å²) in [5, 5.41) is 13.6. The summed E-state index contributed by atoms with van der Waals surface area (Å²) in [4.78, 5) is 0. The molecule has 0 aliphatic heterocycles. The first-order chi connectivity index (χ1) is 10.3. The molecule has 0 unspecified atom stereocenters. The van der Waals surface area contributed by atoms with Gasteiger partial charge in [0.15, 0.2) is 0 Å². The average molecular weight is 282 g/mol. The van der Waals surface area contributed by atoms with Crippen molar-refractivity contribution in [3.63, 3.8) is 0 Å². The predicted octanol–water partition coefficient (Wildman–Crippen LogP) is 2.27. The molecule has 5 nitrogen and oxygen atoms in total. The number of aryl methyl sites for hydroxylation is 1. The summed E-state index contributed by atoms with van der Waals surface area (Å²) in [7, 11) is 3.78. The summed E-state index contributed by atoms with van der Waals surface area (Å²) in [6.45, 7) is 1.18. The first-order valence-corrected chi connectivity index (χ1v) is 6.91. The van der Waals surface area contributed by atoms with Crippen LogP contribution >= 0.6 is 0 Å². The lowest BCUT2D eigenvalue weighted by Crippen LogP contribution is -2.08. The third-order valence-corrected chi connectivity index (χ3v) is 3.38. The Morgan fingerprint density at radius 2 is 2.05 bits per heavy atom. The molecule has 1 N–H and O–H groups in total. The van der Waals surface area contributed by atoms with Crippen LogP contribution in [0, 0.1) is 0 Å². The largest absolute Gasteiger partial charge is 0.487 e. The molecule has 0 amide bonds. The first-order valence-electron chi connectivity index (χ1n) is 6.91. The van der Waals surface area contributed by atoms with E-state index in [0.717, 1.165) is 18.0 Å². The molecule has 0 aliphatic rings. The van der Waals surface area contributed by atoms with Crippen LogP contribution in [-0.2, 0) is 20.2 Å². The quantitative estimate of drug-likeness (QED) is 0.780.